The van der Waals surface area contributed by atoms with Crippen LogP contribution in [0.3, 0.4) is 0 Å². The third kappa shape index (κ3) is 2.70. The van der Waals surface area contributed by atoms with E-state index in [9.17, 15) is 0 Å². The molecule has 0 bridgehead atoms. The van der Waals surface area contributed by atoms with Crippen LogP contribution in [0, 0.1) is 11.3 Å². The summed E-state index contributed by atoms with van der Waals surface area (Å²) in [4.78, 5) is 2.61. The minimum atomic E-state index is 0.687. The molecule has 1 saturated carbocycles. The van der Waals surface area contributed by atoms with Crippen LogP contribution >= 0.6 is 0 Å². The molecular formula is C11H19N3. The zero-order valence-corrected chi connectivity index (χ0v) is 8.71. The van der Waals surface area contributed by atoms with E-state index in [1.165, 1.54) is 32.4 Å². The fraction of sp³-hybridized carbons (Fsp3) is 0.909. The van der Waals surface area contributed by atoms with Crippen LogP contribution in [0.1, 0.15) is 32.1 Å². The molecule has 78 valence electrons. The lowest BCUT2D eigenvalue weighted by Crippen LogP contribution is -2.33. The fourth-order valence-corrected chi connectivity index (χ4v) is 2.20. The lowest BCUT2D eigenvalue weighted by atomic mass is 10.2. The molecule has 3 heteroatoms. The normalized spacial score (nSPS) is 27.8. The lowest BCUT2D eigenvalue weighted by Gasteiger charge is -2.15. The van der Waals surface area contributed by atoms with Gasteiger partial charge in [0, 0.05) is 31.6 Å². The Morgan fingerprint density at radius 3 is 2.93 bits per heavy atom. The second kappa shape index (κ2) is 4.77. The molecule has 1 aliphatic heterocycles. The summed E-state index contributed by atoms with van der Waals surface area (Å²) in [5.74, 6) is 0. The number of nitrogens with zero attached hydrogens (tertiary/aromatic N) is 2. The summed E-state index contributed by atoms with van der Waals surface area (Å²) >= 11 is 0. The number of rotatable bonds is 5. The highest BCUT2D eigenvalue weighted by Gasteiger charge is 2.33. The van der Waals surface area contributed by atoms with E-state index in [2.05, 4.69) is 16.3 Å². The molecule has 0 aromatic rings. The molecule has 1 N–H and O–H groups in total. The van der Waals surface area contributed by atoms with E-state index in [1.54, 1.807) is 0 Å². The first kappa shape index (κ1) is 9.95. The molecule has 14 heavy (non-hydrogen) atoms. The third-order valence-electron chi connectivity index (χ3n) is 3.18. The van der Waals surface area contributed by atoms with E-state index in [-0.39, 0.29) is 0 Å². The first-order valence-corrected chi connectivity index (χ1v) is 5.74. The maximum Gasteiger partial charge on any atom is 0.0622 e. The number of nitrogens with one attached hydrogen (secondary N) is 1. The van der Waals surface area contributed by atoms with Gasteiger partial charge in [-0.15, -0.1) is 0 Å². The largest absolute Gasteiger partial charge is 0.313 e. The molecule has 1 heterocycles. The molecule has 0 radical (unpaired) electrons. The van der Waals surface area contributed by atoms with E-state index >= 15 is 0 Å². The van der Waals surface area contributed by atoms with Crippen molar-refractivity contribution in [2.45, 2.75) is 44.2 Å². The maximum atomic E-state index is 8.40. The predicted molar refractivity (Wildman–Crippen MR) is 55.8 cm³/mol. The van der Waals surface area contributed by atoms with Crippen molar-refractivity contribution in [3.63, 3.8) is 0 Å². The van der Waals surface area contributed by atoms with Crippen molar-refractivity contribution in [2.24, 2.45) is 0 Å². The molecule has 1 aliphatic carbocycles. The summed E-state index contributed by atoms with van der Waals surface area (Å²) < 4.78 is 0. The molecule has 0 spiro atoms. The quantitative estimate of drug-likeness (QED) is 0.665. The number of likely N-dealkylation sites (tertiary alicyclic amines) is 1. The molecule has 1 atom stereocenters. The summed E-state index contributed by atoms with van der Waals surface area (Å²) in [5, 5.41) is 11.9. The van der Waals surface area contributed by atoms with E-state index in [1.807, 2.05) is 0 Å². The van der Waals surface area contributed by atoms with Crippen LogP contribution in [-0.2, 0) is 0 Å². The number of hydrogen-bond acceptors (Lipinski definition) is 3. The van der Waals surface area contributed by atoms with E-state index in [0.717, 1.165) is 19.0 Å². The molecule has 3 nitrogen and oxygen atoms in total. The van der Waals surface area contributed by atoms with Gasteiger partial charge >= 0.3 is 0 Å². The molecule has 0 aromatic heterocycles. The highest BCUT2D eigenvalue weighted by molar-refractivity contribution is 4.91. The zero-order valence-electron chi connectivity index (χ0n) is 8.71. The average Bonchev–Trinajstić information content (AvgIpc) is 2.94. The first-order valence-electron chi connectivity index (χ1n) is 5.74. The molecule has 0 aromatic carbocycles. The zero-order chi connectivity index (χ0) is 9.80. The van der Waals surface area contributed by atoms with Crippen LogP contribution < -0.4 is 5.32 Å². The van der Waals surface area contributed by atoms with Gasteiger partial charge in [0.2, 0.25) is 0 Å². The highest BCUT2D eigenvalue weighted by Crippen LogP contribution is 2.29. The maximum absolute atomic E-state index is 8.40. The SMILES string of the molecule is N#CCCCNC1CCN(C2CC2)C1. The van der Waals surface area contributed by atoms with E-state index in [0.29, 0.717) is 12.5 Å². The summed E-state index contributed by atoms with van der Waals surface area (Å²) in [5.41, 5.74) is 0. The van der Waals surface area contributed by atoms with Gasteiger partial charge in [0.1, 0.15) is 0 Å². The Morgan fingerprint density at radius 1 is 1.36 bits per heavy atom. The van der Waals surface area contributed by atoms with Gasteiger partial charge in [0.25, 0.3) is 0 Å². The second-order valence-electron chi connectivity index (χ2n) is 4.43. The summed E-state index contributed by atoms with van der Waals surface area (Å²) in [6.45, 7) is 3.52. The first-order chi connectivity index (χ1) is 6.90. The Balaban J connectivity index is 1.57. The van der Waals surface area contributed by atoms with Gasteiger partial charge in [-0.3, -0.25) is 4.90 Å². The van der Waals surface area contributed by atoms with E-state index < -0.39 is 0 Å². The van der Waals surface area contributed by atoms with Crippen molar-refractivity contribution in [2.75, 3.05) is 19.6 Å². The molecule has 2 fully saturated rings. The summed E-state index contributed by atoms with van der Waals surface area (Å²) in [6.07, 6.45) is 5.81. The number of hydrogen-bond donors (Lipinski definition) is 1. The van der Waals surface area contributed by atoms with Crippen molar-refractivity contribution in [1.29, 1.82) is 5.26 Å². The lowest BCUT2D eigenvalue weighted by molar-refractivity contribution is 0.317. The van der Waals surface area contributed by atoms with Crippen molar-refractivity contribution >= 4 is 0 Å². The van der Waals surface area contributed by atoms with Crippen LogP contribution in [0.15, 0.2) is 0 Å². The molecule has 0 amide bonds. The Morgan fingerprint density at radius 2 is 2.21 bits per heavy atom. The fourth-order valence-electron chi connectivity index (χ4n) is 2.20. The third-order valence-corrected chi connectivity index (χ3v) is 3.18. The van der Waals surface area contributed by atoms with Crippen molar-refractivity contribution in [3.05, 3.63) is 0 Å². The van der Waals surface area contributed by atoms with Gasteiger partial charge in [-0.25, -0.2) is 0 Å². The van der Waals surface area contributed by atoms with Gasteiger partial charge < -0.3 is 5.32 Å². The smallest absolute Gasteiger partial charge is 0.0622 e. The highest BCUT2D eigenvalue weighted by atomic mass is 15.2. The molecular weight excluding hydrogens is 174 g/mol. The van der Waals surface area contributed by atoms with E-state index in [4.69, 9.17) is 5.26 Å². The Kier molecular flexibility index (Phi) is 3.39. The number of unbranched alkanes of at least 4 members (excludes halogenated alkanes) is 1. The van der Waals surface area contributed by atoms with Gasteiger partial charge in [-0.2, -0.15) is 5.26 Å². The van der Waals surface area contributed by atoms with Gasteiger partial charge in [-0.1, -0.05) is 0 Å². The molecule has 1 unspecified atom stereocenters. The Labute approximate surface area is 86.1 Å². The Hall–Kier alpha value is -0.590. The predicted octanol–water partition coefficient (Wildman–Crippen LogP) is 1.12. The van der Waals surface area contributed by atoms with Crippen molar-refractivity contribution in [1.82, 2.24) is 10.2 Å². The molecule has 2 rings (SSSR count). The van der Waals surface area contributed by atoms with Crippen LogP contribution in [0.25, 0.3) is 0 Å². The monoisotopic (exact) mass is 193 g/mol. The molecule has 1 saturated heterocycles. The minimum Gasteiger partial charge on any atom is -0.313 e. The molecule has 2 aliphatic rings. The van der Waals surface area contributed by atoms with Crippen LogP contribution in [0.2, 0.25) is 0 Å². The summed E-state index contributed by atoms with van der Waals surface area (Å²) in [6, 6.07) is 3.79. The second-order valence-corrected chi connectivity index (χ2v) is 4.43. The minimum absolute atomic E-state index is 0.687. The van der Waals surface area contributed by atoms with Crippen LogP contribution in [0.4, 0.5) is 0 Å². The van der Waals surface area contributed by atoms with Gasteiger partial charge in [0.05, 0.1) is 6.07 Å². The van der Waals surface area contributed by atoms with Gasteiger partial charge in [-0.05, 0) is 32.2 Å². The topological polar surface area (TPSA) is 39.1 Å². The van der Waals surface area contributed by atoms with Crippen LogP contribution in [-0.4, -0.2) is 36.6 Å². The van der Waals surface area contributed by atoms with Crippen molar-refractivity contribution in [3.8, 4) is 6.07 Å². The Bertz CT molecular complexity index is 217. The van der Waals surface area contributed by atoms with Crippen LogP contribution in [0.5, 0.6) is 0 Å². The summed E-state index contributed by atoms with van der Waals surface area (Å²) in [7, 11) is 0. The number of nitriles is 1. The van der Waals surface area contributed by atoms with Crippen molar-refractivity contribution < 1.29 is 0 Å². The van der Waals surface area contributed by atoms with Gasteiger partial charge in [0.15, 0.2) is 0 Å². The standard InChI is InChI=1S/C11H19N3/c12-6-1-2-7-13-10-5-8-14(9-10)11-3-4-11/h10-11,13H,1-5,7-9H2. The average molecular weight is 193 g/mol.